The molecule has 12 heteroatoms. The van der Waals surface area contributed by atoms with Crippen LogP contribution in [0.5, 0.6) is 5.75 Å². The maximum atomic E-state index is 12.8. The van der Waals surface area contributed by atoms with E-state index in [1.54, 1.807) is 66.8 Å². The largest absolute Gasteiger partial charge is 0.443 e. The number of aromatic nitrogens is 2. The normalized spacial score (nSPS) is 13.5. The van der Waals surface area contributed by atoms with Gasteiger partial charge < -0.3 is 19.9 Å². The molecule has 0 radical (unpaired) electrons. The first-order valence-corrected chi connectivity index (χ1v) is 11.8. The Morgan fingerprint density at radius 1 is 1.08 bits per heavy atom. The van der Waals surface area contributed by atoms with Gasteiger partial charge in [-0.2, -0.15) is 0 Å². The molecule has 3 rings (SSSR count). The van der Waals surface area contributed by atoms with Crippen LogP contribution in [0.25, 0.3) is 16.2 Å². The Kier molecular flexibility index (Phi) is 8.00. The Balaban J connectivity index is 1.88. The molecule has 0 saturated heterocycles. The highest BCUT2D eigenvalue weighted by Crippen LogP contribution is 2.32. The molecule has 1 aliphatic heterocycles. The second-order valence-electron chi connectivity index (χ2n) is 10.5. The number of rotatable bonds is 4. The summed E-state index contributed by atoms with van der Waals surface area (Å²) in [5.74, 6) is 1.58. The zero-order valence-electron chi connectivity index (χ0n) is 22.6. The van der Waals surface area contributed by atoms with Crippen LogP contribution in [0.15, 0.2) is 35.7 Å². The van der Waals surface area contributed by atoms with Gasteiger partial charge in [0.25, 0.3) is 0 Å². The number of nitrogens with two attached hydrogens (primary N) is 1. The predicted molar refractivity (Wildman–Crippen MR) is 140 cm³/mol. The molecule has 0 atom stereocenters. The molecule has 2 amide bonds. The lowest BCUT2D eigenvalue weighted by atomic mass is 10.1. The molecule has 2 heterocycles. The third-order valence-electron chi connectivity index (χ3n) is 4.81. The van der Waals surface area contributed by atoms with E-state index in [2.05, 4.69) is 19.9 Å². The van der Waals surface area contributed by atoms with E-state index in [0.717, 1.165) is 4.90 Å². The van der Waals surface area contributed by atoms with Crippen LogP contribution < -0.4 is 10.5 Å². The number of hydrazone groups is 1. The Bertz CT molecular complexity index is 1300. The number of carbonyl (C=O) groups excluding carboxylic acids is 2. The van der Waals surface area contributed by atoms with Crippen LogP contribution in [-0.4, -0.2) is 61.7 Å². The van der Waals surface area contributed by atoms with E-state index in [4.69, 9.17) is 26.5 Å². The van der Waals surface area contributed by atoms with Gasteiger partial charge in [-0.3, -0.25) is 0 Å². The summed E-state index contributed by atoms with van der Waals surface area (Å²) in [6.45, 7) is 17.4. The van der Waals surface area contributed by atoms with Crippen molar-refractivity contribution in [3.8, 4) is 17.1 Å². The fourth-order valence-corrected chi connectivity index (χ4v) is 3.23. The van der Waals surface area contributed by atoms with E-state index in [-0.39, 0.29) is 6.54 Å². The van der Waals surface area contributed by atoms with Gasteiger partial charge in [0.2, 0.25) is 0 Å². The average molecular weight is 523 g/mol. The SMILES string of the molecule is [C-]#[N+]c1ccc(-c2ncc(CN(C(=O)OC(C)(C)C)C(=O)OC(C)(C)C)cn2)c(OC2=[N+](C)N=C(N)C2)c1. The van der Waals surface area contributed by atoms with Crippen LogP contribution in [0.2, 0.25) is 0 Å². The van der Waals surface area contributed by atoms with Crippen molar-refractivity contribution in [2.75, 3.05) is 7.05 Å². The summed E-state index contributed by atoms with van der Waals surface area (Å²) in [5, 5.41) is 4.12. The third kappa shape index (κ3) is 7.49. The number of amidine groups is 1. The number of ether oxygens (including phenoxy) is 3. The average Bonchev–Trinajstić information content (AvgIpc) is 3.11. The zero-order chi connectivity index (χ0) is 28.3. The van der Waals surface area contributed by atoms with E-state index in [9.17, 15) is 9.59 Å². The first-order valence-electron chi connectivity index (χ1n) is 11.8. The molecule has 38 heavy (non-hydrogen) atoms. The van der Waals surface area contributed by atoms with Crippen molar-refractivity contribution in [1.29, 1.82) is 0 Å². The fraction of sp³-hybridized carbons (Fsp3) is 0.423. The van der Waals surface area contributed by atoms with Gasteiger partial charge >= 0.3 is 18.1 Å². The molecular formula is C26H32N7O5+. The highest BCUT2D eigenvalue weighted by molar-refractivity contribution is 6.00. The number of hydrogen-bond donors (Lipinski definition) is 1. The number of carbonyl (C=O) groups is 2. The Labute approximate surface area is 221 Å². The van der Waals surface area contributed by atoms with Crippen molar-refractivity contribution in [1.82, 2.24) is 14.9 Å². The van der Waals surface area contributed by atoms with E-state index < -0.39 is 23.4 Å². The van der Waals surface area contributed by atoms with Crippen molar-refractivity contribution in [2.24, 2.45) is 10.8 Å². The second-order valence-corrected chi connectivity index (χ2v) is 10.5. The molecule has 2 N–H and O–H groups in total. The first-order chi connectivity index (χ1) is 17.6. The molecule has 0 unspecified atom stereocenters. The molecule has 1 aromatic carbocycles. The molecule has 0 aliphatic carbocycles. The summed E-state index contributed by atoms with van der Waals surface area (Å²) in [6.07, 6.45) is 1.61. The summed E-state index contributed by atoms with van der Waals surface area (Å²) in [5.41, 5.74) is 5.56. The lowest BCUT2D eigenvalue weighted by Crippen LogP contribution is -2.43. The van der Waals surface area contributed by atoms with Gasteiger partial charge in [0.15, 0.2) is 24.4 Å². The quantitative estimate of drug-likeness (QED) is 0.459. The standard InChI is InChI=1S/C26H32N7O5/c1-25(2,3)37-23(34)33(24(35)38-26(4,5)6)15-16-13-29-22(30-14-16)18-10-9-17(28-7)11-19(18)36-21-12-20(27)31-32(21)8/h9-11,13-14H,12,15H2,1-6,8H3,(H2,27,31)/q+1. The number of imide groups is 1. The summed E-state index contributed by atoms with van der Waals surface area (Å²) in [6, 6.07) is 4.90. The van der Waals surface area contributed by atoms with Crippen molar-refractivity contribution in [3.05, 3.63) is 47.6 Å². The molecule has 1 aromatic heterocycles. The molecule has 0 fully saturated rings. The lowest BCUT2D eigenvalue weighted by Gasteiger charge is -2.28. The minimum atomic E-state index is -0.847. The summed E-state index contributed by atoms with van der Waals surface area (Å²) in [4.78, 5) is 38.8. The van der Waals surface area contributed by atoms with Gasteiger partial charge in [-0.05, 0) is 47.6 Å². The summed E-state index contributed by atoms with van der Waals surface area (Å²) in [7, 11) is 1.71. The molecule has 0 saturated carbocycles. The Morgan fingerprint density at radius 3 is 2.13 bits per heavy atom. The maximum absolute atomic E-state index is 12.8. The number of nitrogens with zero attached hydrogens (tertiary/aromatic N) is 6. The monoisotopic (exact) mass is 522 g/mol. The number of amides is 2. The summed E-state index contributed by atoms with van der Waals surface area (Å²) < 4.78 is 18.3. The summed E-state index contributed by atoms with van der Waals surface area (Å²) >= 11 is 0. The highest BCUT2D eigenvalue weighted by Gasteiger charge is 2.32. The van der Waals surface area contributed by atoms with Crippen LogP contribution in [0.4, 0.5) is 15.3 Å². The van der Waals surface area contributed by atoms with Crippen molar-refractivity contribution >= 4 is 29.6 Å². The minimum absolute atomic E-state index is 0.163. The third-order valence-corrected chi connectivity index (χ3v) is 4.81. The smallest absolute Gasteiger partial charge is 0.420 e. The van der Waals surface area contributed by atoms with Crippen LogP contribution in [-0.2, 0) is 16.0 Å². The van der Waals surface area contributed by atoms with Gasteiger partial charge in [-0.1, -0.05) is 16.8 Å². The van der Waals surface area contributed by atoms with Gasteiger partial charge in [0, 0.05) is 23.1 Å². The van der Waals surface area contributed by atoms with E-state index in [1.807, 2.05) is 0 Å². The first kappa shape index (κ1) is 28.0. The predicted octanol–water partition coefficient (Wildman–Crippen LogP) is 4.46. The van der Waals surface area contributed by atoms with Crippen LogP contribution in [0, 0.1) is 6.57 Å². The molecule has 1 aliphatic rings. The molecule has 0 spiro atoms. The van der Waals surface area contributed by atoms with Crippen molar-refractivity contribution in [3.63, 3.8) is 0 Å². The van der Waals surface area contributed by atoms with Crippen LogP contribution in [0.3, 0.4) is 0 Å². The van der Waals surface area contributed by atoms with E-state index >= 15 is 0 Å². The van der Waals surface area contributed by atoms with Gasteiger partial charge in [-0.25, -0.2) is 29.3 Å². The van der Waals surface area contributed by atoms with Crippen LogP contribution in [0.1, 0.15) is 53.5 Å². The highest BCUT2D eigenvalue weighted by atomic mass is 16.6. The lowest BCUT2D eigenvalue weighted by molar-refractivity contribution is -0.506. The van der Waals surface area contributed by atoms with Crippen LogP contribution >= 0.6 is 0 Å². The van der Waals surface area contributed by atoms with Gasteiger partial charge in [-0.15, -0.1) is 0 Å². The van der Waals surface area contributed by atoms with Gasteiger partial charge in [0.05, 0.1) is 18.7 Å². The van der Waals surface area contributed by atoms with Crippen molar-refractivity contribution < 1.29 is 28.5 Å². The molecule has 2 aromatic rings. The second kappa shape index (κ2) is 10.8. The zero-order valence-corrected chi connectivity index (χ0v) is 22.6. The number of hydrogen-bond acceptors (Lipinski definition) is 9. The fourth-order valence-electron chi connectivity index (χ4n) is 3.23. The maximum Gasteiger partial charge on any atom is 0.420 e. The van der Waals surface area contributed by atoms with Gasteiger partial charge in [0.1, 0.15) is 23.4 Å². The number of benzene rings is 1. The van der Waals surface area contributed by atoms with E-state index in [0.29, 0.717) is 46.5 Å². The molecular weight excluding hydrogens is 490 g/mol. The van der Waals surface area contributed by atoms with E-state index in [1.165, 1.54) is 17.1 Å². The Morgan fingerprint density at radius 2 is 1.66 bits per heavy atom. The van der Waals surface area contributed by atoms with Crippen molar-refractivity contribution in [2.45, 2.75) is 65.7 Å². The molecule has 200 valence electrons. The molecule has 0 bridgehead atoms. The molecule has 12 nitrogen and oxygen atoms in total. The Hall–Kier alpha value is -4.53. The topological polar surface area (TPSA) is 137 Å². The minimum Gasteiger partial charge on any atom is -0.443 e.